The van der Waals surface area contributed by atoms with E-state index in [9.17, 15) is 4.79 Å². The second-order valence-electron chi connectivity index (χ2n) is 8.52. The van der Waals surface area contributed by atoms with Crippen LogP contribution in [0.5, 0.6) is 0 Å². The number of fused-ring (bicyclic) bond motifs is 1. The summed E-state index contributed by atoms with van der Waals surface area (Å²) in [5.41, 5.74) is 3.92. The van der Waals surface area contributed by atoms with Gasteiger partial charge < -0.3 is 19.1 Å². The highest BCUT2D eigenvalue weighted by Gasteiger charge is 2.28. The van der Waals surface area contributed by atoms with Crippen molar-refractivity contribution in [3.05, 3.63) is 58.2 Å². The van der Waals surface area contributed by atoms with Crippen LogP contribution in [0.15, 0.2) is 33.1 Å². The first kappa shape index (κ1) is 23.4. The predicted molar refractivity (Wildman–Crippen MR) is 125 cm³/mol. The predicted octanol–water partition coefficient (Wildman–Crippen LogP) is 4.40. The van der Waals surface area contributed by atoms with Crippen molar-refractivity contribution in [3.8, 4) is 0 Å². The number of likely N-dealkylation sites (N-methyl/N-ethyl adjacent to an activating group) is 1. The maximum absolute atomic E-state index is 13.0. The van der Waals surface area contributed by atoms with Crippen LogP contribution in [0.1, 0.15) is 44.8 Å². The lowest BCUT2D eigenvalue weighted by Crippen LogP contribution is -2.48. The second kappa shape index (κ2) is 9.47. The van der Waals surface area contributed by atoms with Gasteiger partial charge in [0.25, 0.3) is 5.91 Å². The summed E-state index contributed by atoms with van der Waals surface area (Å²) in [7, 11) is 2.14. The molecule has 1 unspecified atom stereocenters. The lowest BCUT2D eigenvalue weighted by molar-refractivity contribution is 0.0831. The van der Waals surface area contributed by atoms with Gasteiger partial charge in [-0.1, -0.05) is 6.07 Å². The Bertz CT molecular complexity index is 1060. The van der Waals surface area contributed by atoms with E-state index in [1.165, 1.54) is 0 Å². The highest BCUT2D eigenvalue weighted by molar-refractivity contribution is 6.00. The van der Waals surface area contributed by atoms with Gasteiger partial charge in [-0.15, -0.1) is 12.4 Å². The first-order valence-electron chi connectivity index (χ1n) is 10.6. The van der Waals surface area contributed by atoms with Crippen LogP contribution < -0.4 is 5.32 Å². The number of hydrogen-bond acceptors (Lipinski definition) is 5. The Morgan fingerprint density at radius 3 is 2.42 bits per heavy atom. The topological polar surface area (TPSA) is 61.9 Å². The van der Waals surface area contributed by atoms with Crippen molar-refractivity contribution in [2.45, 2.75) is 33.7 Å². The zero-order chi connectivity index (χ0) is 21.4. The van der Waals surface area contributed by atoms with Gasteiger partial charge in [-0.25, -0.2) is 0 Å². The molecule has 1 aromatic carbocycles. The second-order valence-corrected chi connectivity index (χ2v) is 8.52. The van der Waals surface area contributed by atoms with Crippen LogP contribution >= 0.6 is 12.4 Å². The highest BCUT2D eigenvalue weighted by atomic mass is 35.5. The Hall–Kier alpha value is -2.28. The molecule has 0 spiro atoms. The molecule has 3 heterocycles. The van der Waals surface area contributed by atoms with E-state index in [1.54, 1.807) is 0 Å². The zero-order valence-corrected chi connectivity index (χ0v) is 19.8. The van der Waals surface area contributed by atoms with Crippen molar-refractivity contribution < 1.29 is 13.6 Å². The summed E-state index contributed by atoms with van der Waals surface area (Å²) in [6.07, 6.45) is 0. The third kappa shape index (κ3) is 4.81. The molecule has 2 aromatic heterocycles. The summed E-state index contributed by atoms with van der Waals surface area (Å²) in [5, 5.41) is 4.13. The van der Waals surface area contributed by atoms with Crippen LogP contribution in [0.2, 0.25) is 0 Å². The van der Waals surface area contributed by atoms with Crippen molar-refractivity contribution in [3.63, 3.8) is 0 Å². The Balaban J connectivity index is 0.00000272. The number of furan rings is 2. The van der Waals surface area contributed by atoms with Gasteiger partial charge in [-0.05, 0) is 64.1 Å². The van der Waals surface area contributed by atoms with E-state index in [0.29, 0.717) is 12.3 Å². The molecule has 6 nitrogen and oxygen atoms in total. The molecule has 1 N–H and O–H groups in total. The Morgan fingerprint density at radius 2 is 1.77 bits per heavy atom. The summed E-state index contributed by atoms with van der Waals surface area (Å²) in [5.74, 6) is 1.99. The van der Waals surface area contributed by atoms with Crippen LogP contribution in [0.25, 0.3) is 11.0 Å². The smallest absolute Gasteiger partial charge is 0.287 e. The van der Waals surface area contributed by atoms with Gasteiger partial charge in [-0.3, -0.25) is 9.69 Å². The van der Waals surface area contributed by atoms with Crippen molar-refractivity contribution >= 4 is 29.3 Å². The zero-order valence-electron chi connectivity index (χ0n) is 18.9. The molecular weight excluding hydrogens is 414 g/mol. The lowest BCUT2D eigenvalue weighted by atomic mass is 10.0. The Labute approximate surface area is 190 Å². The third-order valence-electron chi connectivity index (χ3n) is 6.10. The normalized spacial score (nSPS) is 16.3. The molecule has 1 aliphatic rings. The van der Waals surface area contributed by atoms with E-state index in [2.05, 4.69) is 35.2 Å². The van der Waals surface area contributed by atoms with Crippen LogP contribution in [0.4, 0.5) is 0 Å². The molecule has 1 fully saturated rings. The molecule has 168 valence electrons. The van der Waals surface area contributed by atoms with Crippen LogP contribution in [-0.4, -0.2) is 55.5 Å². The number of piperazine rings is 1. The van der Waals surface area contributed by atoms with Crippen LogP contribution in [0, 0.1) is 27.7 Å². The number of rotatable bonds is 5. The van der Waals surface area contributed by atoms with Gasteiger partial charge in [0.1, 0.15) is 17.1 Å². The van der Waals surface area contributed by atoms with E-state index in [0.717, 1.165) is 65.4 Å². The van der Waals surface area contributed by atoms with E-state index < -0.39 is 0 Å². The molecule has 0 aliphatic carbocycles. The molecule has 1 atom stereocenters. The average Bonchev–Trinajstić information content (AvgIpc) is 3.26. The average molecular weight is 446 g/mol. The largest absolute Gasteiger partial charge is 0.465 e. The molecule has 1 amide bonds. The number of benzene rings is 1. The quantitative estimate of drug-likeness (QED) is 0.630. The molecule has 0 saturated carbocycles. The highest BCUT2D eigenvalue weighted by Crippen LogP contribution is 2.30. The minimum absolute atomic E-state index is 0. The third-order valence-corrected chi connectivity index (χ3v) is 6.10. The Morgan fingerprint density at radius 1 is 1.06 bits per heavy atom. The minimum Gasteiger partial charge on any atom is -0.465 e. The first-order chi connectivity index (χ1) is 14.3. The molecule has 3 aromatic rings. The number of amides is 1. The first-order valence-corrected chi connectivity index (χ1v) is 10.6. The van der Waals surface area contributed by atoms with Gasteiger partial charge in [-0.2, -0.15) is 0 Å². The fourth-order valence-electron chi connectivity index (χ4n) is 4.45. The number of hydrogen-bond donors (Lipinski definition) is 1. The van der Waals surface area contributed by atoms with Gasteiger partial charge >= 0.3 is 0 Å². The molecule has 1 saturated heterocycles. The van der Waals surface area contributed by atoms with Gasteiger partial charge in [0, 0.05) is 43.7 Å². The molecule has 31 heavy (non-hydrogen) atoms. The van der Waals surface area contributed by atoms with Gasteiger partial charge in [0.15, 0.2) is 5.76 Å². The molecule has 0 bridgehead atoms. The number of aryl methyl sites for hydroxylation is 4. The molecule has 7 heteroatoms. The summed E-state index contributed by atoms with van der Waals surface area (Å²) in [6, 6.07) is 8.11. The van der Waals surface area contributed by atoms with E-state index in [1.807, 2.05) is 39.0 Å². The molecule has 0 radical (unpaired) electrons. The summed E-state index contributed by atoms with van der Waals surface area (Å²) in [6.45, 7) is 12.4. The van der Waals surface area contributed by atoms with Crippen LogP contribution in [-0.2, 0) is 0 Å². The molecule has 1 aliphatic heterocycles. The number of nitrogens with zero attached hydrogens (tertiary/aromatic N) is 2. The van der Waals surface area contributed by atoms with Crippen molar-refractivity contribution in [1.29, 1.82) is 0 Å². The lowest BCUT2D eigenvalue weighted by Gasteiger charge is -2.37. The maximum atomic E-state index is 13.0. The number of halogens is 1. The van der Waals surface area contributed by atoms with E-state index in [-0.39, 0.29) is 24.4 Å². The van der Waals surface area contributed by atoms with Crippen molar-refractivity contribution in [2.24, 2.45) is 0 Å². The fraction of sp³-hybridized carbons (Fsp3) is 0.458. The minimum atomic E-state index is -0.178. The van der Waals surface area contributed by atoms with Crippen molar-refractivity contribution in [2.75, 3.05) is 39.8 Å². The van der Waals surface area contributed by atoms with E-state index >= 15 is 0 Å². The summed E-state index contributed by atoms with van der Waals surface area (Å²) in [4.78, 5) is 17.8. The molecular formula is C24H32ClN3O3. The van der Waals surface area contributed by atoms with Crippen molar-refractivity contribution in [1.82, 2.24) is 15.1 Å². The molecule has 4 rings (SSSR count). The van der Waals surface area contributed by atoms with Crippen LogP contribution in [0.3, 0.4) is 0 Å². The Kier molecular flexibility index (Phi) is 7.14. The van der Waals surface area contributed by atoms with E-state index in [4.69, 9.17) is 8.83 Å². The SMILES string of the molecule is Cc1cc(C)c2c(C)c(C(=O)NCC(c3ccc(C)o3)N3CCN(C)CC3)oc2c1.Cl. The number of nitrogens with one attached hydrogen (secondary N) is 1. The number of carbonyl (C=O) groups is 1. The standard InChI is InChI=1S/C24H31N3O3.ClH/c1-15-12-16(2)22-18(4)23(30-21(22)13-15)24(28)25-14-19(20-7-6-17(3)29-20)27-10-8-26(5)9-11-27;/h6-7,12-13,19H,8-11,14H2,1-5H3,(H,25,28);1H. The van der Waals surface area contributed by atoms with Gasteiger partial charge in [0.05, 0.1) is 6.04 Å². The van der Waals surface area contributed by atoms with Gasteiger partial charge in [0.2, 0.25) is 0 Å². The number of carbonyl (C=O) groups excluding carboxylic acids is 1. The summed E-state index contributed by atoms with van der Waals surface area (Å²) >= 11 is 0. The maximum Gasteiger partial charge on any atom is 0.287 e. The monoisotopic (exact) mass is 445 g/mol. The summed E-state index contributed by atoms with van der Waals surface area (Å²) < 4.78 is 11.9. The fourth-order valence-corrected chi connectivity index (χ4v) is 4.45.